The van der Waals surface area contributed by atoms with E-state index < -0.39 is 5.79 Å². The van der Waals surface area contributed by atoms with E-state index in [-0.39, 0.29) is 18.8 Å². The summed E-state index contributed by atoms with van der Waals surface area (Å²) in [4.78, 5) is 0. The molecular weight excluding hydrogens is 288 g/mol. The van der Waals surface area contributed by atoms with E-state index in [1.165, 1.54) is 70.6 Å². The maximum Gasteiger partial charge on any atom is 0.163 e. The zero-order chi connectivity index (χ0) is 17.0. The molecule has 3 nitrogen and oxygen atoms in total. The molecule has 23 heavy (non-hydrogen) atoms. The van der Waals surface area contributed by atoms with E-state index in [9.17, 15) is 5.11 Å². The molecule has 0 aromatic rings. The number of ether oxygens (including phenoxy) is 2. The minimum Gasteiger partial charge on any atom is -0.394 e. The van der Waals surface area contributed by atoms with Crippen LogP contribution in [0.15, 0.2) is 0 Å². The summed E-state index contributed by atoms with van der Waals surface area (Å²) in [6, 6.07) is 0. The van der Waals surface area contributed by atoms with Gasteiger partial charge in [0.1, 0.15) is 0 Å². The molecule has 138 valence electrons. The SMILES string of the molecule is CCCCCCCCCCCCCC1CC(CO)OC(C)(C)O1. The van der Waals surface area contributed by atoms with Crippen LogP contribution in [0.3, 0.4) is 0 Å². The van der Waals surface area contributed by atoms with E-state index in [1.54, 1.807) is 0 Å². The van der Waals surface area contributed by atoms with Gasteiger partial charge in [-0.15, -0.1) is 0 Å². The van der Waals surface area contributed by atoms with Gasteiger partial charge < -0.3 is 14.6 Å². The smallest absolute Gasteiger partial charge is 0.163 e. The molecular formula is C20H40O3. The first-order valence-corrected chi connectivity index (χ1v) is 10.0. The maximum atomic E-state index is 9.32. The molecule has 1 N–H and O–H groups in total. The summed E-state index contributed by atoms with van der Waals surface area (Å²) in [6.07, 6.45) is 17.2. The molecule has 1 fully saturated rings. The third kappa shape index (κ3) is 10.4. The molecule has 1 heterocycles. The fourth-order valence-electron chi connectivity index (χ4n) is 3.54. The van der Waals surface area contributed by atoms with Crippen molar-refractivity contribution in [1.29, 1.82) is 0 Å². The number of unbranched alkanes of at least 4 members (excludes halogenated alkanes) is 10. The standard InChI is InChI=1S/C20H40O3/c1-4-5-6-7-8-9-10-11-12-13-14-15-18-16-19(17-21)23-20(2,3)22-18/h18-19,21H,4-17H2,1-3H3. The van der Waals surface area contributed by atoms with Crippen LogP contribution in [0.1, 0.15) is 104 Å². The molecule has 2 atom stereocenters. The molecule has 0 amide bonds. The second kappa shape index (κ2) is 12.3. The van der Waals surface area contributed by atoms with Crippen LogP contribution in [-0.4, -0.2) is 29.7 Å². The van der Waals surface area contributed by atoms with Gasteiger partial charge in [0.15, 0.2) is 5.79 Å². The highest BCUT2D eigenvalue weighted by Gasteiger charge is 2.34. The van der Waals surface area contributed by atoms with Gasteiger partial charge in [0.2, 0.25) is 0 Å². The molecule has 3 heteroatoms. The first kappa shape index (κ1) is 20.9. The zero-order valence-corrected chi connectivity index (χ0v) is 15.8. The van der Waals surface area contributed by atoms with Gasteiger partial charge >= 0.3 is 0 Å². The van der Waals surface area contributed by atoms with Crippen LogP contribution in [0.25, 0.3) is 0 Å². The van der Waals surface area contributed by atoms with Crippen molar-refractivity contribution in [2.24, 2.45) is 0 Å². The minimum absolute atomic E-state index is 0.0588. The lowest BCUT2D eigenvalue weighted by atomic mass is 10.0. The Labute approximate surface area is 144 Å². The van der Waals surface area contributed by atoms with E-state index in [1.807, 2.05) is 13.8 Å². The van der Waals surface area contributed by atoms with Crippen molar-refractivity contribution in [2.45, 2.75) is 122 Å². The summed E-state index contributed by atoms with van der Waals surface area (Å²) in [5.74, 6) is -0.548. The Hall–Kier alpha value is -0.120. The van der Waals surface area contributed by atoms with Crippen LogP contribution in [0.4, 0.5) is 0 Å². The second-order valence-corrected chi connectivity index (χ2v) is 7.62. The number of rotatable bonds is 13. The molecule has 0 spiro atoms. The Morgan fingerprint density at radius 3 is 1.78 bits per heavy atom. The molecule has 2 unspecified atom stereocenters. The molecule has 0 radical (unpaired) electrons. The van der Waals surface area contributed by atoms with Crippen LogP contribution in [0.5, 0.6) is 0 Å². The van der Waals surface area contributed by atoms with Gasteiger partial charge in [-0.2, -0.15) is 0 Å². The van der Waals surface area contributed by atoms with Crippen molar-refractivity contribution >= 4 is 0 Å². The molecule has 1 aliphatic heterocycles. The van der Waals surface area contributed by atoms with Crippen molar-refractivity contribution < 1.29 is 14.6 Å². The van der Waals surface area contributed by atoms with Gasteiger partial charge in [-0.1, -0.05) is 77.6 Å². The Kier molecular flexibility index (Phi) is 11.2. The summed E-state index contributed by atoms with van der Waals surface area (Å²) in [5.41, 5.74) is 0. The van der Waals surface area contributed by atoms with Gasteiger partial charge in [-0.25, -0.2) is 0 Å². The van der Waals surface area contributed by atoms with Crippen molar-refractivity contribution in [3.05, 3.63) is 0 Å². The number of hydrogen-bond acceptors (Lipinski definition) is 3. The fraction of sp³-hybridized carbons (Fsp3) is 1.00. The molecule has 0 bridgehead atoms. The zero-order valence-electron chi connectivity index (χ0n) is 15.8. The fourth-order valence-corrected chi connectivity index (χ4v) is 3.54. The first-order chi connectivity index (χ1) is 11.1. The highest BCUT2D eigenvalue weighted by Crippen LogP contribution is 2.29. The van der Waals surface area contributed by atoms with Gasteiger partial charge in [0.25, 0.3) is 0 Å². The van der Waals surface area contributed by atoms with Crippen molar-refractivity contribution in [2.75, 3.05) is 6.61 Å². The lowest BCUT2D eigenvalue weighted by Crippen LogP contribution is -2.45. The third-order valence-electron chi connectivity index (χ3n) is 4.76. The van der Waals surface area contributed by atoms with Crippen molar-refractivity contribution in [3.8, 4) is 0 Å². The van der Waals surface area contributed by atoms with E-state index in [0.29, 0.717) is 0 Å². The lowest BCUT2D eigenvalue weighted by Gasteiger charge is -2.40. The number of aliphatic hydroxyl groups is 1. The van der Waals surface area contributed by atoms with Crippen molar-refractivity contribution in [1.82, 2.24) is 0 Å². The molecule has 1 aliphatic rings. The average Bonchev–Trinajstić information content (AvgIpc) is 2.51. The van der Waals surface area contributed by atoms with E-state index in [2.05, 4.69) is 6.92 Å². The highest BCUT2D eigenvalue weighted by atomic mass is 16.7. The molecule has 1 saturated heterocycles. The van der Waals surface area contributed by atoms with Gasteiger partial charge in [0, 0.05) is 6.42 Å². The Bertz CT molecular complexity index is 278. The normalized spacial score (nSPS) is 24.0. The topological polar surface area (TPSA) is 38.7 Å². The maximum absolute atomic E-state index is 9.32. The summed E-state index contributed by atoms with van der Waals surface area (Å²) >= 11 is 0. The predicted octanol–water partition coefficient (Wildman–Crippen LogP) is 5.59. The van der Waals surface area contributed by atoms with Gasteiger partial charge in [-0.3, -0.25) is 0 Å². The van der Waals surface area contributed by atoms with Crippen LogP contribution >= 0.6 is 0 Å². The molecule has 1 rings (SSSR count). The average molecular weight is 329 g/mol. The Balaban J connectivity index is 1.94. The Morgan fingerprint density at radius 1 is 0.783 bits per heavy atom. The molecule has 0 saturated carbocycles. The largest absolute Gasteiger partial charge is 0.394 e. The third-order valence-corrected chi connectivity index (χ3v) is 4.76. The second-order valence-electron chi connectivity index (χ2n) is 7.62. The van der Waals surface area contributed by atoms with Gasteiger partial charge in [0.05, 0.1) is 18.8 Å². The highest BCUT2D eigenvalue weighted by molar-refractivity contribution is 4.76. The molecule has 0 aromatic heterocycles. The summed E-state index contributed by atoms with van der Waals surface area (Å²) < 4.78 is 11.7. The van der Waals surface area contributed by atoms with Crippen molar-refractivity contribution in [3.63, 3.8) is 0 Å². The first-order valence-electron chi connectivity index (χ1n) is 10.0. The van der Waals surface area contributed by atoms with E-state index >= 15 is 0 Å². The molecule has 0 aliphatic carbocycles. The van der Waals surface area contributed by atoms with E-state index in [0.717, 1.165) is 12.8 Å². The quantitative estimate of drug-likeness (QED) is 0.448. The van der Waals surface area contributed by atoms with Crippen LogP contribution in [-0.2, 0) is 9.47 Å². The van der Waals surface area contributed by atoms with Crippen LogP contribution in [0, 0.1) is 0 Å². The number of aliphatic hydroxyl groups excluding tert-OH is 1. The Morgan fingerprint density at radius 2 is 1.26 bits per heavy atom. The monoisotopic (exact) mass is 328 g/mol. The van der Waals surface area contributed by atoms with Crippen LogP contribution < -0.4 is 0 Å². The van der Waals surface area contributed by atoms with Gasteiger partial charge in [-0.05, 0) is 20.3 Å². The summed E-state index contributed by atoms with van der Waals surface area (Å²) in [6.45, 7) is 6.27. The number of hydrogen-bond donors (Lipinski definition) is 1. The predicted molar refractivity (Wildman–Crippen MR) is 96.6 cm³/mol. The van der Waals surface area contributed by atoms with Crippen LogP contribution in [0.2, 0.25) is 0 Å². The lowest BCUT2D eigenvalue weighted by molar-refractivity contribution is -0.304. The van der Waals surface area contributed by atoms with E-state index in [4.69, 9.17) is 9.47 Å². The summed E-state index contributed by atoms with van der Waals surface area (Å²) in [7, 11) is 0. The summed E-state index contributed by atoms with van der Waals surface area (Å²) in [5, 5.41) is 9.32. The minimum atomic E-state index is -0.548. The molecule has 0 aromatic carbocycles.